The SMILES string of the molecule is NC(=O)C(=O)C(Cc1ccccc1)NC(=O)c1cccnc1-n1ccc(-c2ccc3ncccc3c2)n1. The second-order valence-electron chi connectivity index (χ2n) is 8.38. The van der Waals surface area contributed by atoms with Crippen molar-refractivity contribution in [2.75, 3.05) is 0 Å². The third-order valence-corrected chi connectivity index (χ3v) is 5.88. The Bertz CT molecular complexity index is 1610. The molecule has 3 N–H and O–H groups in total. The standard InChI is InChI=1S/C28H22N6O3/c29-26(36)25(35)24(16-18-6-2-1-3-7-18)32-28(37)21-9-5-14-31-27(21)34-15-12-23(33-34)20-10-11-22-19(17-20)8-4-13-30-22/h1-15,17,24H,16H2,(H2,29,36)(H,32,37). The average molecular weight is 491 g/mol. The van der Waals surface area contributed by atoms with Gasteiger partial charge in [-0.15, -0.1) is 0 Å². The molecule has 3 heterocycles. The zero-order valence-electron chi connectivity index (χ0n) is 19.6. The highest BCUT2D eigenvalue weighted by molar-refractivity contribution is 6.38. The Balaban J connectivity index is 1.43. The number of amides is 2. The molecular weight excluding hydrogens is 468 g/mol. The van der Waals surface area contributed by atoms with Crippen molar-refractivity contribution in [1.82, 2.24) is 25.1 Å². The Kier molecular flexibility index (Phi) is 6.50. The van der Waals surface area contributed by atoms with Gasteiger partial charge in [0.05, 0.1) is 16.8 Å². The lowest BCUT2D eigenvalue weighted by molar-refractivity contribution is -0.137. The van der Waals surface area contributed by atoms with Crippen molar-refractivity contribution < 1.29 is 14.4 Å². The molecule has 9 nitrogen and oxygen atoms in total. The summed E-state index contributed by atoms with van der Waals surface area (Å²) in [7, 11) is 0. The summed E-state index contributed by atoms with van der Waals surface area (Å²) in [6.07, 6.45) is 5.11. The van der Waals surface area contributed by atoms with Gasteiger partial charge in [-0.1, -0.05) is 42.5 Å². The van der Waals surface area contributed by atoms with Gasteiger partial charge in [0.2, 0.25) is 5.78 Å². The number of hydrogen-bond acceptors (Lipinski definition) is 6. The van der Waals surface area contributed by atoms with Crippen molar-refractivity contribution in [1.29, 1.82) is 0 Å². The number of benzene rings is 2. The summed E-state index contributed by atoms with van der Waals surface area (Å²) in [6, 6.07) is 22.6. The number of nitrogens with zero attached hydrogens (tertiary/aromatic N) is 4. The second-order valence-corrected chi connectivity index (χ2v) is 8.38. The van der Waals surface area contributed by atoms with Crippen LogP contribution in [0.5, 0.6) is 0 Å². The molecule has 0 aliphatic carbocycles. The van der Waals surface area contributed by atoms with Crippen LogP contribution < -0.4 is 11.1 Å². The lowest BCUT2D eigenvalue weighted by Gasteiger charge is -2.17. The van der Waals surface area contributed by atoms with E-state index in [1.165, 1.54) is 4.68 Å². The minimum atomic E-state index is -1.13. The van der Waals surface area contributed by atoms with Crippen LogP contribution in [0.3, 0.4) is 0 Å². The topological polar surface area (TPSA) is 133 Å². The molecule has 9 heteroatoms. The Hall–Kier alpha value is -5.18. The van der Waals surface area contributed by atoms with Gasteiger partial charge in [-0.3, -0.25) is 19.4 Å². The lowest BCUT2D eigenvalue weighted by Crippen LogP contribution is -2.47. The zero-order valence-corrected chi connectivity index (χ0v) is 19.6. The summed E-state index contributed by atoms with van der Waals surface area (Å²) in [5, 5.41) is 8.26. The van der Waals surface area contributed by atoms with Crippen LogP contribution in [0, 0.1) is 0 Å². The predicted octanol–water partition coefficient (Wildman–Crippen LogP) is 2.88. The van der Waals surface area contributed by atoms with Crippen LogP contribution in [0.25, 0.3) is 28.0 Å². The first-order valence-electron chi connectivity index (χ1n) is 11.5. The van der Waals surface area contributed by atoms with E-state index >= 15 is 0 Å². The van der Waals surface area contributed by atoms with E-state index in [2.05, 4.69) is 20.4 Å². The Morgan fingerprint density at radius 3 is 2.49 bits per heavy atom. The van der Waals surface area contributed by atoms with Crippen LogP contribution in [-0.4, -0.2) is 43.4 Å². The smallest absolute Gasteiger partial charge is 0.287 e. The first-order chi connectivity index (χ1) is 18.0. The van der Waals surface area contributed by atoms with Crippen LogP contribution in [-0.2, 0) is 16.0 Å². The van der Waals surface area contributed by atoms with E-state index in [1.54, 1.807) is 42.9 Å². The quantitative estimate of drug-likeness (QED) is 0.321. The number of carbonyl (C=O) groups is 3. The first kappa shape index (κ1) is 23.6. The number of Topliss-reactive ketones (excluding diaryl/α,β-unsaturated/α-hetero) is 1. The third kappa shape index (κ3) is 5.10. The van der Waals surface area contributed by atoms with E-state index in [-0.39, 0.29) is 17.8 Å². The van der Waals surface area contributed by atoms with Crippen molar-refractivity contribution >= 4 is 28.5 Å². The predicted molar refractivity (Wildman–Crippen MR) is 138 cm³/mol. The summed E-state index contributed by atoms with van der Waals surface area (Å²) >= 11 is 0. The van der Waals surface area contributed by atoms with Crippen LogP contribution >= 0.6 is 0 Å². The van der Waals surface area contributed by atoms with Gasteiger partial charge < -0.3 is 11.1 Å². The number of pyridine rings is 2. The molecule has 0 aliphatic heterocycles. The molecule has 0 bridgehead atoms. The van der Waals surface area contributed by atoms with Crippen molar-refractivity contribution in [3.63, 3.8) is 0 Å². The van der Waals surface area contributed by atoms with E-state index in [4.69, 9.17) is 5.73 Å². The number of aromatic nitrogens is 4. The molecule has 3 aromatic heterocycles. The van der Waals surface area contributed by atoms with E-state index in [1.807, 2.05) is 54.6 Å². The maximum atomic E-state index is 13.3. The molecule has 1 atom stereocenters. The highest BCUT2D eigenvalue weighted by atomic mass is 16.2. The van der Waals surface area contributed by atoms with Crippen LogP contribution in [0.4, 0.5) is 0 Å². The maximum Gasteiger partial charge on any atom is 0.287 e. The summed E-state index contributed by atoms with van der Waals surface area (Å²) in [5.74, 6) is -2.30. The summed E-state index contributed by atoms with van der Waals surface area (Å²) < 4.78 is 1.50. The average Bonchev–Trinajstić information content (AvgIpc) is 3.43. The minimum absolute atomic E-state index is 0.118. The molecule has 0 aliphatic rings. The molecule has 182 valence electrons. The van der Waals surface area contributed by atoms with Crippen LogP contribution in [0.2, 0.25) is 0 Å². The van der Waals surface area contributed by atoms with Crippen molar-refractivity contribution in [3.05, 3.63) is 109 Å². The normalized spacial score (nSPS) is 11.7. The number of fused-ring (bicyclic) bond motifs is 1. The summed E-state index contributed by atoms with van der Waals surface area (Å²) in [6.45, 7) is 0. The maximum absolute atomic E-state index is 13.3. The molecule has 0 fully saturated rings. The van der Waals surface area contributed by atoms with Gasteiger partial charge in [-0.05, 0) is 42.0 Å². The van der Waals surface area contributed by atoms with Gasteiger partial charge in [-0.25, -0.2) is 9.67 Å². The van der Waals surface area contributed by atoms with E-state index < -0.39 is 23.6 Å². The molecule has 37 heavy (non-hydrogen) atoms. The molecule has 5 aromatic rings. The number of hydrogen-bond donors (Lipinski definition) is 2. The minimum Gasteiger partial charge on any atom is -0.363 e. The number of rotatable bonds is 8. The van der Waals surface area contributed by atoms with Gasteiger partial charge in [0.1, 0.15) is 6.04 Å². The first-order valence-corrected chi connectivity index (χ1v) is 11.5. The molecular formula is C28H22N6O3. The van der Waals surface area contributed by atoms with Gasteiger partial charge in [0.15, 0.2) is 5.82 Å². The van der Waals surface area contributed by atoms with E-state index in [0.717, 1.165) is 22.0 Å². The fraction of sp³-hybridized carbons (Fsp3) is 0.0714. The van der Waals surface area contributed by atoms with Crippen LogP contribution in [0.15, 0.2) is 97.5 Å². The Labute approximate surface area is 212 Å². The van der Waals surface area contributed by atoms with Gasteiger partial charge in [-0.2, -0.15) is 5.10 Å². The fourth-order valence-electron chi connectivity index (χ4n) is 4.05. The van der Waals surface area contributed by atoms with E-state index in [0.29, 0.717) is 5.69 Å². The molecule has 2 amide bonds. The number of nitrogens with one attached hydrogen (secondary N) is 1. The molecule has 0 radical (unpaired) electrons. The van der Waals surface area contributed by atoms with Crippen molar-refractivity contribution in [3.8, 4) is 17.1 Å². The highest BCUT2D eigenvalue weighted by Gasteiger charge is 2.27. The van der Waals surface area contributed by atoms with Gasteiger partial charge >= 0.3 is 0 Å². The van der Waals surface area contributed by atoms with Gasteiger partial charge in [0, 0.05) is 36.0 Å². The molecule has 0 saturated heterocycles. The summed E-state index contributed by atoms with van der Waals surface area (Å²) in [5.41, 5.74) is 8.67. The molecule has 1 unspecified atom stereocenters. The Morgan fingerprint density at radius 2 is 1.68 bits per heavy atom. The molecule has 5 rings (SSSR count). The van der Waals surface area contributed by atoms with E-state index in [9.17, 15) is 14.4 Å². The zero-order chi connectivity index (χ0) is 25.8. The van der Waals surface area contributed by atoms with Gasteiger partial charge in [0.25, 0.3) is 11.8 Å². The van der Waals surface area contributed by atoms with Crippen LogP contribution in [0.1, 0.15) is 15.9 Å². The number of nitrogens with two attached hydrogens (primary N) is 1. The molecule has 0 spiro atoms. The highest BCUT2D eigenvalue weighted by Crippen LogP contribution is 2.23. The largest absolute Gasteiger partial charge is 0.363 e. The second kappa shape index (κ2) is 10.2. The van der Waals surface area contributed by atoms with Crippen molar-refractivity contribution in [2.45, 2.75) is 12.5 Å². The van der Waals surface area contributed by atoms with Crippen molar-refractivity contribution in [2.24, 2.45) is 5.73 Å². The summed E-state index contributed by atoms with van der Waals surface area (Å²) in [4.78, 5) is 46.1. The fourth-order valence-corrected chi connectivity index (χ4v) is 4.05. The molecule has 2 aromatic carbocycles. The lowest BCUT2D eigenvalue weighted by atomic mass is 10.0. The number of carbonyl (C=O) groups excluding carboxylic acids is 3. The number of primary amides is 1. The molecule has 0 saturated carbocycles. The number of ketones is 1. The Morgan fingerprint density at radius 1 is 0.892 bits per heavy atom. The monoisotopic (exact) mass is 490 g/mol. The third-order valence-electron chi connectivity index (χ3n) is 5.88.